The number of phenolic OH excluding ortho intramolecular Hbond substituents is 1. The first kappa shape index (κ1) is 17.8. The lowest BCUT2D eigenvalue weighted by atomic mass is 9.60. The fourth-order valence-electron chi connectivity index (χ4n) is 4.32. The second kappa shape index (κ2) is 6.88. The molecule has 4 rings (SSSR count). The van der Waals surface area contributed by atoms with E-state index in [1.807, 2.05) is 24.3 Å². The highest BCUT2D eigenvalue weighted by atomic mass is 16.6. The number of quaternary nitrogens is 1. The molecule has 7 nitrogen and oxygen atoms in total. The molecule has 0 radical (unpaired) electrons. The Balaban J connectivity index is 1.63. The third-order valence-electron chi connectivity index (χ3n) is 5.72. The molecule has 142 valence electrons. The average Bonchev–Trinajstić information content (AvgIpc) is 3.22. The predicted molar refractivity (Wildman–Crippen MR) is 101 cm³/mol. The van der Waals surface area contributed by atoms with Crippen LogP contribution in [0.2, 0.25) is 0 Å². The van der Waals surface area contributed by atoms with Gasteiger partial charge in [-0.15, -0.1) is 0 Å². The molecule has 1 amide bonds. The van der Waals surface area contributed by atoms with Crippen LogP contribution in [0, 0.1) is 0 Å². The second-order valence-corrected chi connectivity index (χ2v) is 7.00. The Bertz CT molecular complexity index is 849. The Labute approximate surface area is 158 Å². The minimum Gasteiger partial charge on any atom is -0.507 e. The summed E-state index contributed by atoms with van der Waals surface area (Å²) in [5, 5.41) is 12.9. The fraction of sp³-hybridized carbons (Fsp3) is 0.316. The number of ether oxygens (including phenoxy) is 1. The number of fused-ring (bicyclic) bond motifs is 1. The summed E-state index contributed by atoms with van der Waals surface area (Å²) in [4.78, 5) is 12.6. The molecule has 2 aliphatic rings. The third-order valence-corrected chi connectivity index (χ3v) is 5.72. The van der Waals surface area contributed by atoms with Crippen LogP contribution in [0.3, 0.4) is 0 Å². The van der Waals surface area contributed by atoms with Crippen LogP contribution in [0.1, 0.15) is 10.4 Å². The molecular weight excluding hydrogens is 347 g/mol. The second-order valence-electron chi connectivity index (χ2n) is 7.00. The molecule has 2 aliphatic heterocycles. The Morgan fingerprint density at radius 3 is 2.52 bits per heavy atom. The van der Waals surface area contributed by atoms with Crippen LogP contribution in [-0.4, -0.2) is 62.2 Å². The average molecular weight is 370 g/mol. The molecule has 27 heavy (non-hydrogen) atoms. The highest BCUT2D eigenvalue weighted by Gasteiger charge is 2.60. The molecule has 2 fully saturated rings. The van der Waals surface area contributed by atoms with Gasteiger partial charge in [0.25, 0.3) is 5.91 Å². The normalized spacial score (nSPS) is 26.6. The Hall–Kier alpha value is -2.55. The van der Waals surface area contributed by atoms with Gasteiger partial charge in [0, 0.05) is 0 Å². The van der Waals surface area contributed by atoms with Crippen molar-refractivity contribution in [1.82, 2.24) is 5.32 Å². The van der Waals surface area contributed by atoms with Crippen LogP contribution in [-0.2, 0) is 9.31 Å². The number of methoxy groups -OCH3 is 1. The zero-order chi connectivity index (χ0) is 18.9. The predicted octanol–water partition coefficient (Wildman–Crippen LogP) is 0.811. The van der Waals surface area contributed by atoms with E-state index >= 15 is 0 Å². The number of benzene rings is 2. The highest BCUT2D eigenvalue weighted by molar-refractivity contribution is 6.76. The zero-order valence-electron chi connectivity index (χ0n) is 15.3. The van der Waals surface area contributed by atoms with Crippen molar-refractivity contribution < 1.29 is 28.3 Å². The number of amides is 1. The summed E-state index contributed by atoms with van der Waals surface area (Å²) in [6.45, 7) is 1.09. The zero-order valence-corrected chi connectivity index (χ0v) is 15.3. The van der Waals surface area contributed by atoms with Crippen LogP contribution >= 0.6 is 0 Å². The van der Waals surface area contributed by atoms with Crippen LogP contribution in [0.15, 0.2) is 48.5 Å². The van der Waals surface area contributed by atoms with E-state index in [1.54, 1.807) is 25.3 Å². The quantitative estimate of drug-likeness (QED) is 0.762. The van der Waals surface area contributed by atoms with Crippen molar-refractivity contribution in [3.63, 3.8) is 0 Å². The molecular formula is C19H23BN2O5. The maximum Gasteiger partial charge on any atom is 0.507 e. The van der Waals surface area contributed by atoms with E-state index in [9.17, 15) is 9.90 Å². The van der Waals surface area contributed by atoms with Gasteiger partial charge in [0.2, 0.25) is 0 Å². The Kier molecular flexibility index (Phi) is 4.55. The Morgan fingerprint density at radius 1 is 1.15 bits per heavy atom. The summed E-state index contributed by atoms with van der Waals surface area (Å²) in [5.74, 6) is 0.367. The maximum absolute atomic E-state index is 12.6. The summed E-state index contributed by atoms with van der Waals surface area (Å²) in [6, 6.07) is 14.2. The molecule has 2 saturated heterocycles. The third kappa shape index (κ3) is 2.77. The van der Waals surface area contributed by atoms with Crippen molar-refractivity contribution >= 4 is 18.1 Å². The van der Waals surface area contributed by atoms with Crippen molar-refractivity contribution in [2.24, 2.45) is 0 Å². The molecule has 0 atom stereocenters. The molecule has 0 spiro atoms. The first-order valence-corrected chi connectivity index (χ1v) is 9.09. The molecule has 8 heteroatoms. The number of rotatable bonds is 5. The molecule has 2 heterocycles. The standard InChI is InChI=1S/C19H23BN2O5/c1-25-18-9-5-3-7-16(18)20-22(10-12-26-20,11-13-27-20)14-21-19(24)15-6-2-4-8-17(15)23/h2-9,23H,10-14H2,1H3,(H,21,24). The number of hydrogen-bond donors (Lipinski definition) is 2. The van der Waals surface area contributed by atoms with Gasteiger partial charge < -0.3 is 28.9 Å². The minimum atomic E-state index is -1.83. The summed E-state index contributed by atoms with van der Waals surface area (Å²) in [5.41, 5.74) is 1.14. The van der Waals surface area contributed by atoms with Gasteiger partial charge in [-0.25, -0.2) is 0 Å². The van der Waals surface area contributed by atoms with Crippen LogP contribution in [0.4, 0.5) is 0 Å². The number of hydrogen-bond acceptors (Lipinski definition) is 5. The SMILES string of the molecule is COc1ccccc1[B-]12OCC[N+]1(CNC(=O)c1ccccc1O)CCO2. The van der Waals surface area contributed by atoms with Crippen LogP contribution in [0.25, 0.3) is 0 Å². The van der Waals surface area contributed by atoms with Crippen molar-refractivity contribution in [1.29, 1.82) is 0 Å². The van der Waals surface area contributed by atoms with Gasteiger partial charge in [0.05, 0.1) is 44.7 Å². The summed E-state index contributed by atoms with van der Waals surface area (Å²) in [7, 11) is 1.63. The van der Waals surface area contributed by atoms with Gasteiger partial charge in [-0.05, 0) is 23.7 Å². The highest BCUT2D eigenvalue weighted by Crippen LogP contribution is 2.35. The molecule has 0 aliphatic carbocycles. The summed E-state index contributed by atoms with van der Waals surface area (Å²) < 4.78 is 18.4. The molecule has 0 unspecified atom stereocenters. The van der Waals surface area contributed by atoms with Gasteiger partial charge in [-0.2, -0.15) is 0 Å². The topological polar surface area (TPSA) is 77.0 Å². The monoisotopic (exact) mass is 370 g/mol. The number of nitrogens with zero attached hydrogens (tertiary/aromatic N) is 1. The van der Waals surface area contributed by atoms with E-state index in [-0.39, 0.29) is 17.2 Å². The van der Waals surface area contributed by atoms with Crippen molar-refractivity contribution in [3.8, 4) is 11.5 Å². The number of carbonyl (C=O) groups excluding carboxylic acids is 1. The minimum absolute atomic E-state index is 0.0353. The first-order chi connectivity index (χ1) is 13.1. The molecule has 2 N–H and O–H groups in total. The van der Waals surface area contributed by atoms with E-state index in [2.05, 4.69) is 5.32 Å². The lowest BCUT2D eigenvalue weighted by molar-refractivity contribution is -0.822. The Morgan fingerprint density at radius 2 is 1.81 bits per heavy atom. The lowest BCUT2D eigenvalue weighted by Crippen LogP contribution is -2.71. The number of para-hydroxylation sites is 2. The smallest absolute Gasteiger partial charge is 0.507 e. The fourth-order valence-corrected chi connectivity index (χ4v) is 4.32. The van der Waals surface area contributed by atoms with Crippen molar-refractivity contribution in [3.05, 3.63) is 54.1 Å². The number of phenols is 1. The largest absolute Gasteiger partial charge is 0.507 e. The lowest BCUT2D eigenvalue weighted by Gasteiger charge is -2.47. The van der Waals surface area contributed by atoms with E-state index in [1.165, 1.54) is 6.07 Å². The van der Waals surface area contributed by atoms with E-state index in [0.717, 1.165) is 24.3 Å². The van der Waals surface area contributed by atoms with E-state index in [0.29, 0.717) is 24.3 Å². The maximum atomic E-state index is 12.6. The number of nitrogens with one attached hydrogen (secondary N) is 1. The van der Waals surface area contributed by atoms with Crippen molar-refractivity contribution in [2.45, 2.75) is 0 Å². The molecule has 2 aromatic rings. The van der Waals surface area contributed by atoms with Gasteiger partial charge in [-0.3, -0.25) is 4.79 Å². The molecule has 0 aromatic heterocycles. The summed E-state index contributed by atoms with van der Waals surface area (Å²) >= 11 is 0. The number of carbonyl (C=O) groups is 1. The molecule has 0 saturated carbocycles. The summed E-state index contributed by atoms with van der Waals surface area (Å²) in [6.07, 6.45) is 0. The van der Waals surface area contributed by atoms with Crippen LogP contribution in [0.5, 0.6) is 11.5 Å². The van der Waals surface area contributed by atoms with Gasteiger partial charge in [0.1, 0.15) is 12.4 Å². The van der Waals surface area contributed by atoms with Crippen LogP contribution < -0.4 is 15.5 Å². The number of aromatic hydroxyl groups is 1. The van der Waals surface area contributed by atoms with E-state index < -0.39 is 6.69 Å². The van der Waals surface area contributed by atoms with Crippen molar-refractivity contribution in [2.75, 3.05) is 40.1 Å². The molecule has 0 bridgehead atoms. The van der Waals surface area contributed by atoms with Gasteiger partial charge in [0.15, 0.2) is 0 Å². The van der Waals surface area contributed by atoms with Gasteiger partial charge >= 0.3 is 6.69 Å². The molecule has 2 aromatic carbocycles. The van der Waals surface area contributed by atoms with E-state index in [4.69, 9.17) is 14.0 Å². The van der Waals surface area contributed by atoms with Gasteiger partial charge in [-0.1, -0.05) is 30.3 Å². The first-order valence-electron chi connectivity index (χ1n) is 9.09.